The number of rotatable bonds is 2. The molecule has 5 nitrogen and oxygen atoms in total. The van der Waals surface area contributed by atoms with Crippen LogP contribution >= 0.6 is 0 Å². The third-order valence-corrected chi connectivity index (χ3v) is 1.36. The van der Waals surface area contributed by atoms with Gasteiger partial charge in [0.1, 0.15) is 5.82 Å². The lowest BCUT2D eigenvalue weighted by Gasteiger charge is -2.06. The van der Waals surface area contributed by atoms with Crippen LogP contribution in [0.3, 0.4) is 0 Å². The van der Waals surface area contributed by atoms with Gasteiger partial charge in [0.25, 0.3) is 0 Å². The highest BCUT2D eigenvalue weighted by atomic mass is 16.3. The second kappa shape index (κ2) is 3.36. The summed E-state index contributed by atoms with van der Waals surface area (Å²) in [6.45, 7) is 1.84. The number of hydrogen-bond acceptors (Lipinski definition) is 4. The predicted octanol–water partition coefficient (Wildman–Crippen LogP) is -0.794. The molecule has 66 valence electrons. The number of nitrogen functional groups attached to an aromatic ring is 1. The Balaban J connectivity index is 2.94. The van der Waals surface area contributed by atoms with Crippen molar-refractivity contribution in [1.29, 1.82) is 0 Å². The fraction of sp³-hybridized carbons (Fsp3) is 0.429. The zero-order valence-corrected chi connectivity index (χ0v) is 6.77. The molecule has 1 unspecified atom stereocenters. The van der Waals surface area contributed by atoms with Crippen molar-refractivity contribution in [2.75, 3.05) is 5.73 Å². The van der Waals surface area contributed by atoms with E-state index in [1.54, 1.807) is 6.92 Å². The highest BCUT2D eigenvalue weighted by Gasteiger charge is 2.00. The fourth-order valence-corrected chi connectivity index (χ4v) is 0.866. The van der Waals surface area contributed by atoms with Crippen LogP contribution in [0.1, 0.15) is 6.92 Å². The van der Waals surface area contributed by atoms with Gasteiger partial charge in [-0.1, -0.05) is 0 Å². The zero-order valence-electron chi connectivity index (χ0n) is 6.77. The average Bonchev–Trinajstić information content (AvgIpc) is 1.94. The lowest BCUT2D eigenvalue weighted by Crippen LogP contribution is -2.27. The number of aliphatic hydroxyl groups is 1. The van der Waals surface area contributed by atoms with E-state index in [0.717, 1.165) is 0 Å². The molecule has 5 heteroatoms. The first kappa shape index (κ1) is 8.73. The van der Waals surface area contributed by atoms with E-state index < -0.39 is 11.8 Å². The molecular weight excluding hydrogens is 158 g/mol. The molecule has 0 spiro atoms. The van der Waals surface area contributed by atoms with Crippen molar-refractivity contribution in [2.45, 2.75) is 19.6 Å². The van der Waals surface area contributed by atoms with Crippen LogP contribution in [0.25, 0.3) is 0 Å². The third kappa shape index (κ3) is 2.06. The highest BCUT2D eigenvalue weighted by Crippen LogP contribution is 1.91. The van der Waals surface area contributed by atoms with Gasteiger partial charge in [-0.05, 0) is 13.0 Å². The number of aliphatic hydroxyl groups excluding tert-OH is 1. The maximum absolute atomic E-state index is 11.0. The normalized spacial score (nSPS) is 12.8. The summed E-state index contributed by atoms with van der Waals surface area (Å²) in [6, 6.07) is 1.52. The molecule has 3 N–H and O–H groups in total. The Morgan fingerprint density at radius 2 is 2.50 bits per heavy atom. The molecule has 0 aliphatic heterocycles. The van der Waals surface area contributed by atoms with Gasteiger partial charge < -0.3 is 10.8 Å². The topological polar surface area (TPSA) is 81.1 Å². The monoisotopic (exact) mass is 169 g/mol. The molecule has 0 amide bonds. The van der Waals surface area contributed by atoms with Crippen molar-refractivity contribution in [2.24, 2.45) is 0 Å². The second-order valence-corrected chi connectivity index (χ2v) is 2.64. The van der Waals surface area contributed by atoms with Gasteiger partial charge in [-0.15, -0.1) is 0 Å². The first-order valence-electron chi connectivity index (χ1n) is 3.60. The maximum atomic E-state index is 11.0. The molecule has 0 bridgehead atoms. The molecule has 1 aromatic heterocycles. The van der Waals surface area contributed by atoms with Gasteiger partial charge in [0, 0.05) is 6.20 Å². The molecule has 0 radical (unpaired) electrons. The number of nitrogens with two attached hydrogens (primary N) is 1. The first-order chi connectivity index (χ1) is 5.59. The standard InChI is InChI=1S/C7H11N3O2/c1-5(11)4-10-3-2-6(8)9-7(10)12/h2-3,5,11H,4H2,1H3,(H2,8,9,12). The summed E-state index contributed by atoms with van der Waals surface area (Å²) in [5, 5.41) is 8.98. The molecule has 0 aliphatic carbocycles. The van der Waals surface area contributed by atoms with Crippen molar-refractivity contribution in [1.82, 2.24) is 9.55 Å². The Kier molecular flexibility index (Phi) is 2.44. The summed E-state index contributed by atoms with van der Waals surface area (Å²) in [5.74, 6) is 0.196. The summed E-state index contributed by atoms with van der Waals surface area (Å²) in [7, 11) is 0. The minimum atomic E-state index is -0.562. The van der Waals surface area contributed by atoms with Gasteiger partial charge in [0.05, 0.1) is 12.6 Å². The molecule has 1 rings (SSSR count). The zero-order chi connectivity index (χ0) is 9.14. The fourth-order valence-electron chi connectivity index (χ4n) is 0.866. The number of aromatic nitrogens is 2. The van der Waals surface area contributed by atoms with Crippen molar-refractivity contribution in [3.8, 4) is 0 Å². The molecule has 0 saturated heterocycles. The number of hydrogen-bond donors (Lipinski definition) is 2. The number of nitrogens with zero attached hydrogens (tertiary/aromatic N) is 2. The Morgan fingerprint density at radius 3 is 3.00 bits per heavy atom. The molecule has 0 aliphatic rings. The summed E-state index contributed by atoms with van der Waals surface area (Å²) >= 11 is 0. The van der Waals surface area contributed by atoms with Gasteiger partial charge in [-0.3, -0.25) is 4.57 Å². The summed E-state index contributed by atoms with van der Waals surface area (Å²) < 4.78 is 1.31. The van der Waals surface area contributed by atoms with E-state index in [-0.39, 0.29) is 12.4 Å². The first-order valence-corrected chi connectivity index (χ1v) is 3.60. The quantitative estimate of drug-likeness (QED) is 0.607. The van der Waals surface area contributed by atoms with Gasteiger partial charge in [0.15, 0.2) is 0 Å². The summed E-state index contributed by atoms with van der Waals surface area (Å²) in [6.07, 6.45) is 0.949. The SMILES string of the molecule is CC(O)Cn1ccc(N)nc1=O. The van der Waals surface area contributed by atoms with Crippen LogP contribution in [0.15, 0.2) is 17.1 Å². The largest absolute Gasteiger partial charge is 0.392 e. The van der Waals surface area contributed by atoms with Crippen LogP contribution in [0.5, 0.6) is 0 Å². The smallest absolute Gasteiger partial charge is 0.349 e. The van der Waals surface area contributed by atoms with E-state index in [1.165, 1.54) is 16.8 Å². The predicted molar refractivity (Wildman–Crippen MR) is 44.6 cm³/mol. The summed E-state index contributed by atoms with van der Waals surface area (Å²) in [5.41, 5.74) is 4.84. The number of anilines is 1. The molecule has 1 atom stereocenters. The van der Waals surface area contributed by atoms with Crippen molar-refractivity contribution >= 4 is 5.82 Å². The van der Waals surface area contributed by atoms with Gasteiger partial charge in [-0.25, -0.2) is 4.79 Å². The van der Waals surface area contributed by atoms with Crippen molar-refractivity contribution in [3.05, 3.63) is 22.7 Å². The lowest BCUT2D eigenvalue weighted by atomic mass is 10.4. The highest BCUT2D eigenvalue weighted by molar-refractivity contribution is 5.23. The Hall–Kier alpha value is -1.36. The molecule has 0 aromatic carbocycles. The minimum absolute atomic E-state index is 0.196. The van der Waals surface area contributed by atoms with Gasteiger partial charge in [-0.2, -0.15) is 4.98 Å². The molecule has 12 heavy (non-hydrogen) atoms. The van der Waals surface area contributed by atoms with Crippen molar-refractivity contribution < 1.29 is 5.11 Å². The minimum Gasteiger partial charge on any atom is -0.392 e. The van der Waals surface area contributed by atoms with Crippen LogP contribution in [-0.4, -0.2) is 20.8 Å². The van der Waals surface area contributed by atoms with Crippen LogP contribution in [0.2, 0.25) is 0 Å². The van der Waals surface area contributed by atoms with Crippen LogP contribution in [-0.2, 0) is 6.54 Å². The van der Waals surface area contributed by atoms with Crippen LogP contribution in [0.4, 0.5) is 5.82 Å². The van der Waals surface area contributed by atoms with Crippen LogP contribution in [0, 0.1) is 0 Å². The van der Waals surface area contributed by atoms with E-state index in [0.29, 0.717) is 0 Å². The Morgan fingerprint density at radius 1 is 1.83 bits per heavy atom. The van der Waals surface area contributed by atoms with E-state index in [9.17, 15) is 4.79 Å². The molecule has 0 fully saturated rings. The van der Waals surface area contributed by atoms with Crippen molar-refractivity contribution in [3.63, 3.8) is 0 Å². The third-order valence-electron chi connectivity index (χ3n) is 1.36. The molecule has 1 heterocycles. The van der Waals surface area contributed by atoms with Gasteiger partial charge >= 0.3 is 5.69 Å². The van der Waals surface area contributed by atoms with E-state index >= 15 is 0 Å². The molecule has 1 aromatic rings. The van der Waals surface area contributed by atoms with E-state index in [2.05, 4.69) is 4.98 Å². The Labute approximate surface area is 69.5 Å². The maximum Gasteiger partial charge on any atom is 0.349 e. The summed E-state index contributed by atoms with van der Waals surface area (Å²) in [4.78, 5) is 14.5. The van der Waals surface area contributed by atoms with E-state index in [4.69, 9.17) is 10.8 Å². The molecule has 0 saturated carbocycles. The Bertz CT molecular complexity index is 319. The average molecular weight is 169 g/mol. The van der Waals surface area contributed by atoms with Gasteiger partial charge in [0.2, 0.25) is 0 Å². The molecular formula is C7H11N3O2. The lowest BCUT2D eigenvalue weighted by molar-refractivity contribution is 0.171. The van der Waals surface area contributed by atoms with Crippen LogP contribution < -0.4 is 11.4 Å². The second-order valence-electron chi connectivity index (χ2n) is 2.64. The van der Waals surface area contributed by atoms with E-state index in [1.807, 2.05) is 0 Å².